The van der Waals surface area contributed by atoms with Gasteiger partial charge < -0.3 is 5.73 Å². The van der Waals surface area contributed by atoms with Crippen molar-refractivity contribution in [3.8, 4) is 0 Å². The van der Waals surface area contributed by atoms with Crippen molar-refractivity contribution in [2.24, 2.45) is 5.73 Å². The van der Waals surface area contributed by atoms with E-state index in [4.69, 9.17) is 5.73 Å². The second-order valence-electron chi connectivity index (χ2n) is 2.07. The molecular formula is C9H15N. The monoisotopic (exact) mass is 137 g/mol. The second-order valence-corrected chi connectivity index (χ2v) is 2.07. The van der Waals surface area contributed by atoms with Crippen molar-refractivity contribution in [2.45, 2.75) is 19.8 Å². The molecule has 0 fully saturated rings. The third-order valence-electron chi connectivity index (χ3n) is 1.06. The lowest BCUT2D eigenvalue weighted by Gasteiger charge is -1.90. The average Bonchev–Trinajstić information content (AvgIpc) is 1.89. The molecule has 1 heteroatoms. The molecule has 0 aromatic rings. The van der Waals surface area contributed by atoms with Gasteiger partial charge in [-0.25, -0.2) is 0 Å². The van der Waals surface area contributed by atoms with Crippen LogP contribution in [-0.2, 0) is 0 Å². The third kappa shape index (κ3) is 5.16. The molecular weight excluding hydrogens is 122 g/mol. The van der Waals surface area contributed by atoms with E-state index in [1.54, 1.807) is 6.08 Å². The van der Waals surface area contributed by atoms with Crippen LogP contribution in [-0.4, -0.2) is 0 Å². The highest BCUT2D eigenvalue weighted by molar-refractivity contribution is 5.11. The predicted molar refractivity (Wildman–Crippen MR) is 46.5 cm³/mol. The maximum atomic E-state index is 5.56. The van der Waals surface area contributed by atoms with Gasteiger partial charge in [0.15, 0.2) is 0 Å². The highest BCUT2D eigenvalue weighted by Crippen LogP contribution is 1.93. The lowest BCUT2D eigenvalue weighted by atomic mass is 10.3. The smallest absolute Gasteiger partial charge is 0.0119 e. The Morgan fingerprint density at radius 3 is 2.80 bits per heavy atom. The Balaban J connectivity index is 3.67. The zero-order valence-corrected chi connectivity index (χ0v) is 6.51. The van der Waals surface area contributed by atoms with E-state index in [-0.39, 0.29) is 0 Å². The van der Waals surface area contributed by atoms with Crippen LogP contribution >= 0.6 is 0 Å². The topological polar surface area (TPSA) is 26.0 Å². The standard InChI is InChI=1S/C9H15N/c1-3-5-6-8-9(10)7-4-2/h4-6,8H,2-3,7,10H2,1H3/b6-5-,9-8+. The van der Waals surface area contributed by atoms with Crippen LogP contribution in [0.15, 0.2) is 36.6 Å². The lowest BCUT2D eigenvalue weighted by molar-refractivity contribution is 1.16. The number of allylic oxidation sites excluding steroid dienone is 4. The van der Waals surface area contributed by atoms with Gasteiger partial charge >= 0.3 is 0 Å². The maximum Gasteiger partial charge on any atom is 0.0119 e. The zero-order chi connectivity index (χ0) is 7.82. The van der Waals surface area contributed by atoms with Gasteiger partial charge in [-0.2, -0.15) is 0 Å². The van der Waals surface area contributed by atoms with Gasteiger partial charge in [-0.15, -0.1) is 6.58 Å². The Bertz CT molecular complexity index is 143. The summed E-state index contributed by atoms with van der Waals surface area (Å²) < 4.78 is 0. The molecule has 1 nitrogen and oxygen atoms in total. The summed E-state index contributed by atoms with van der Waals surface area (Å²) in [7, 11) is 0. The number of nitrogens with two attached hydrogens (primary N) is 1. The molecule has 0 saturated carbocycles. The van der Waals surface area contributed by atoms with Crippen LogP contribution in [0.4, 0.5) is 0 Å². The summed E-state index contributed by atoms with van der Waals surface area (Å²) in [6.45, 7) is 5.68. The summed E-state index contributed by atoms with van der Waals surface area (Å²) >= 11 is 0. The van der Waals surface area contributed by atoms with Gasteiger partial charge in [-0.05, 0) is 12.5 Å². The van der Waals surface area contributed by atoms with Crippen LogP contribution in [0.25, 0.3) is 0 Å². The Kier molecular flexibility index (Phi) is 5.54. The van der Waals surface area contributed by atoms with E-state index in [2.05, 4.69) is 19.6 Å². The van der Waals surface area contributed by atoms with Gasteiger partial charge in [-0.3, -0.25) is 0 Å². The van der Waals surface area contributed by atoms with E-state index in [0.29, 0.717) is 0 Å². The number of rotatable bonds is 4. The van der Waals surface area contributed by atoms with E-state index in [0.717, 1.165) is 18.5 Å². The molecule has 0 aromatic carbocycles. The first-order valence-corrected chi connectivity index (χ1v) is 3.53. The first-order valence-electron chi connectivity index (χ1n) is 3.53. The fourth-order valence-corrected chi connectivity index (χ4v) is 0.562. The first-order chi connectivity index (χ1) is 4.81. The minimum atomic E-state index is 0.772. The summed E-state index contributed by atoms with van der Waals surface area (Å²) in [5, 5.41) is 0. The van der Waals surface area contributed by atoms with Crippen molar-refractivity contribution in [3.05, 3.63) is 36.6 Å². The fourth-order valence-electron chi connectivity index (χ4n) is 0.562. The Morgan fingerprint density at radius 1 is 1.60 bits per heavy atom. The van der Waals surface area contributed by atoms with Crippen molar-refractivity contribution in [1.29, 1.82) is 0 Å². The average molecular weight is 137 g/mol. The molecule has 0 spiro atoms. The molecule has 0 aliphatic heterocycles. The normalized spacial score (nSPS) is 12.3. The minimum absolute atomic E-state index is 0.772. The highest BCUT2D eigenvalue weighted by Gasteiger charge is 1.79. The molecule has 0 aliphatic rings. The highest BCUT2D eigenvalue weighted by atomic mass is 14.6. The van der Waals surface area contributed by atoms with E-state index in [1.165, 1.54) is 0 Å². The van der Waals surface area contributed by atoms with Gasteiger partial charge in [-0.1, -0.05) is 25.2 Å². The number of hydrogen-bond acceptors (Lipinski definition) is 1. The Labute approximate surface area is 62.9 Å². The fraction of sp³-hybridized carbons (Fsp3) is 0.333. The van der Waals surface area contributed by atoms with Crippen LogP contribution in [0.1, 0.15) is 19.8 Å². The molecule has 0 saturated heterocycles. The quantitative estimate of drug-likeness (QED) is 0.467. The Hall–Kier alpha value is -0.980. The summed E-state index contributed by atoms with van der Waals surface area (Å²) in [5.74, 6) is 0. The van der Waals surface area contributed by atoms with E-state index in [1.807, 2.05) is 12.2 Å². The van der Waals surface area contributed by atoms with Crippen LogP contribution in [0, 0.1) is 0 Å². The SMILES string of the molecule is C=CC/C(N)=C\C=C/CC. The van der Waals surface area contributed by atoms with Crippen molar-refractivity contribution in [2.75, 3.05) is 0 Å². The zero-order valence-electron chi connectivity index (χ0n) is 6.51. The summed E-state index contributed by atoms with van der Waals surface area (Å²) in [6, 6.07) is 0. The van der Waals surface area contributed by atoms with Crippen LogP contribution < -0.4 is 5.73 Å². The maximum absolute atomic E-state index is 5.56. The molecule has 0 unspecified atom stereocenters. The summed E-state index contributed by atoms with van der Waals surface area (Å²) in [5.41, 5.74) is 6.42. The molecule has 0 amide bonds. The van der Waals surface area contributed by atoms with Gasteiger partial charge in [0.25, 0.3) is 0 Å². The van der Waals surface area contributed by atoms with Gasteiger partial charge in [0.05, 0.1) is 0 Å². The van der Waals surface area contributed by atoms with Crippen molar-refractivity contribution >= 4 is 0 Å². The predicted octanol–water partition coefficient (Wildman–Crippen LogP) is 2.37. The largest absolute Gasteiger partial charge is 0.402 e. The van der Waals surface area contributed by atoms with Crippen molar-refractivity contribution < 1.29 is 0 Å². The van der Waals surface area contributed by atoms with Gasteiger partial charge in [0.2, 0.25) is 0 Å². The third-order valence-corrected chi connectivity index (χ3v) is 1.06. The summed E-state index contributed by atoms with van der Waals surface area (Å²) in [6.07, 6.45) is 9.57. The number of hydrogen-bond donors (Lipinski definition) is 1. The molecule has 0 atom stereocenters. The van der Waals surface area contributed by atoms with Gasteiger partial charge in [0, 0.05) is 12.1 Å². The van der Waals surface area contributed by atoms with Crippen molar-refractivity contribution in [1.82, 2.24) is 0 Å². The Morgan fingerprint density at radius 2 is 2.30 bits per heavy atom. The second kappa shape index (κ2) is 6.14. The van der Waals surface area contributed by atoms with E-state index < -0.39 is 0 Å². The molecule has 0 aromatic heterocycles. The molecule has 0 bridgehead atoms. The molecule has 56 valence electrons. The van der Waals surface area contributed by atoms with Crippen LogP contribution in [0.5, 0.6) is 0 Å². The van der Waals surface area contributed by atoms with Gasteiger partial charge in [0.1, 0.15) is 0 Å². The van der Waals surface area contributed by atoms with Crippen LogP contribution in [0.3, 0.4) is 0 Å². The summed E-state index contributed by atoms with van der Waals surface area (Å²) in [4.78, 5) is 0. The molecule has 0 radical (unpaired) electrons. The molecule has 0 rings (SSSR count). The van der Waals surface area contributed by atoms with E-state index >= 15 is 0 Å². The molecule has 0 aliphatic carbocycles. The lowest BCUT2D eigenvalue weighted by Crippen LogP contribution is -1.93. The van der Waals surface area contributed by atoms with E-state index in [9.17, 15) is 0 Å². The minimum Gasteiger partial charge on any atom is -0.402 e. The molecule has 2 N–H and O–H groups in total. The van der Waals surface area contributed by atoms with Crippen LogP contribution in [0.2, 0.25) is 0 Å². The first kappa shape index (κ1) is 9.02. The van der Waals surface area contributed by atoms with Crippen molar-refractivity contribution in [3.63, 3.8) is 0 Å². The molecule has 10 heavy (non-hydrogen) atoms. The molecule has 0 heterocycles.